The third kappa shape index (κ3) is 4.47. The van der Waals surface area contributed by atoms with Gasteiger partial charge in [-0.1, -0.05) is 6.07 Å². The highest BCUT2D eigenvalue weighted by Gasteiger charge is 2.03. The molecule has 1 N–H and O–H groups in total. The first-order chi connectivity index (χ1) is 11.2. The maximum absolute atomic E-state index is 11.9. The number of anilines is 1. The quantitative estimate of drug-likeness (QED) is 0.830. The Morgan fingerprint density at radius 3 is 2.43 bits per heavy atom. The second-order valence-electron chi connectivity index (χ2n) is 4.53. The predicted molar refractivity (Wildman–Crippen MR) is 88.0 cm³/mol. The van der Waals surface area contributed by atoms with Gasteiger partial charge in [0.15, 0.2) is 11.5 Å². The molecule has 0 spiro atoms. The number of benzene rings is 1. The van der Waals surface area contributed by atoms with Crippen LogP contribution in [0.15, 0.2) is 42.6 Å². The Morgan fingerprint density at radius 2 is 1.83 bits per heavy atom. The Balaban J connectivity index is 2.02. The number of nitrogens with one attached hydrogen (secondary N) is 1. The van der Waals surface area contributed by atoms with Gasteiger partial charge in [0.1, 0.15) is 0 Å². The lowest BCUT2D eigenvalue weighted by Crippen LogP contribution is -2.07. The van der Waals surface area contributed by atoms with Gasteiger partial charge in [0.05, 0.1) is 33.2 Å². The largest absolute Gasteiger partial charge is 0.493 e. The lowest BCUT2D eigenvalue weighted by molar-refractivity contribution is -0.111. The van der Waals surface area contributed by atoms with Crippen LogP contribution in [0.5, 0.6) is 17.4 Å². The number of amides is 1. The van der Waals surface area contributed by atoms with Crippen molar-refractivity contribution in [1.82, 2.24) is 4.98 Å². The lowest BCUT2D eigenvalue weighted by atomic mass is 10.2. The summed E-state index contributed by atoms with van der Waals surface area (Å²) in [5.41, 5.74) is 1.42. The van der Waals surface area contributed by atoms with Crippen molar-refractivity contribution in [3.63, 3.8) is 0 Å². The molecule has 1 aromatic carbocycles. The maximum atomic E-state index is 11.9. The van der Waals surface area contributed by atoms with Crippen molar-refractivity contribution in [3.05, 3.63) is 48.2 Å². The Bertz CT molecular complexity index is 696. The number of ether oxygens (including phenoxy) is 3. The van der Waals surface area contributed by atoms with Crippen LogP contribution in [-0.4, -0.2) is 32.2 Å². The van der Waals surface area contributed by atoms with Crippen molar-refractivity contribution in [2.45, 2.75) is 0 Å². The zero-order valence-electron chi connectivity index (χ0n) is 13.2. The average molecular weight is 314 g/mol. The summed E-state index contributed by atoms with van der Waals surface area (Å²) in [5, 5.41) is 2.71. The molecule has 2 rings (SSSR count). The zero-order chi connectivity index (χ0) is 16.7. The van der Waals surface area contributed by atoms with Gasteiger partial charge in [-0.2, -0.15) is 0 Å². The first kappa shape index (κ1) is 16.4. The Morgan fingerprint density at radius 1 is 1.04 bits per heavy atom. The lowest BCUT2D eigenvalue weighted by Gasteiger charge is -2.07. The molecule has 120 valence electrons. The van der Waals surface area contributed by atoms with Crippen LogP contribution in [0, 0.1) is 0 Å². The van der Waals surface area contributed by atoms with Gasteiger partial charge >= 0.3 is 0 Å². The minimum absolute atomic E-state index is 0.258. The summed E-state index contributed by atoms with van der Waals surface area (Å²) in [6.07, 6.45) is 4.65. The van der Waals surface area contributed by atoms with Crippen LogP contribution in [0.2, 0.25) is 0 Å². The first-order valence-electron chi connectivity index (χ1n) is 6.87. The predicted octanol–water partition coefficient (Wildman–Crippen LogP) is 2.76. The van der Waals surface area contributed by atoms with Gasteiger partial charge in [-0.15, -0.1) is 0 Å². The molecule has 0 aliphatic heterocycles. The normalized spacial score (nSPS) is 10.4. The van der Waals surface area contributed by atoms with Crippen molar-refractivity contribution in [1.29, 1.82) is 0 Å². The molecule has 0 saturated heterocycles. The second kappa shape index (κ2) is 7.84. The van der Waals surface area contributed by atoms with E-state index in [1.165, 1.54) is 19.4 Å². The number of aromatic nitrogens is 1. The van der Waals surface area contributed by atoms with Gasteiger partial charge < -0.3 is 19.5 Å². The topological polar surface area (TPSA) is 69.7 Å². The fourth-order valence-electron chi connectivity index (χ4n) is 1.89. The SMILES string of the molecule is COc1ccc(NC(=O)/C=C/c2ccc(OC)c(OC)c2)cn1. The van der Waals surface area contributed by atoms with Crippen LogP contribution >= 0.6 is 0 Å². The van der Waals surface area contributed by atoms with Gasteiger partial charge in [0, 0.05) is 12.1 Å². The number of methoxy groups -OCH3 is 3. The van der Waals surface area contributed by atoms with Gasteiger partial charge in [-0.3, -0.25) is 4.79 Å². The number of hydrogen-bond donors (Lipinski definition) is 1. The minimum atomic E-state index is -0.258. The molecule has 0 bridgehead atoms. The number of rotatable bonds is 6. The molecule has 2 aromatic rings. The van der Waals surface area contributed by atoms with Crippen molar-refractivity contribution >= 4 is 17.7 Å². The van der Waals surface area contributed by atoms with E-state index in [9.17, 15) is 4.79 Å². The fraction of sp³-hybridized carbons (Fsp3) is 0.176. The summed E-state index contributed by atoms with van der Waals surface area (Å²) in [4.78, 5) is 15.9. The summed E-state index contributed by atoms with van der Waals surface area (Å²) in [6, 6.07) is 8.79. The second-order valence-corrected chi connectivity index (χ2v) is 4.53. The van der Waals surface area contributed by atoms with E-state index in [4.69, 9.17) is 14.2 Å². The van der Waals surface area contributed by atoms with E-state index in [0.29, 0.717) is 23.1 Å². The molecule has 0 radical (unpaired) electrons. The van der Waals surface area contributed by atoms with Gasteiger partial charge in [0.2, 0.25) is 11.8 Å². The van der Waals surface area contributed by atoms with Crippen LogP contribution < -0.4 is 19.5 Å². The summed E-state index contributed by atoms with van der Waals surface area (Å²) >= 11 is 0. The van der Waals surface area contributed by atoms with Crippen LogP contribution in [0.3, 0.4) is 0 Å². The van der Waals surface area contributed by atoms with Gasteiger partial charge in [0.25, 0.3) is 0 Å². The van der Waals surface area contributed by atoms with Crippen LogP contribution in [0.4, 0.5) is 5.69 Å². The molecule has 1 aromatic heterocycles. The molecular weight excluding hydrogens is 296 g/mol. The number of nitrogens with zero attached hydrogens (tertiary/aromatic N) is 1. The van der Waals surface area contributed by atoms with E-state index in [0.717, 1.165) is 5.56 Å². The molecule has 0 aliphatic carbocycles. The van der Waals surface area contributed by atoms with Crippen LogP contribution in [-0.2, 0) is 4.79 Å². The third-order valence-electron chi connectivity index (χ3n) is 3.05. The van der Waals surface area contributed by atoms with E-state index < -0.39 is 0 Å². The van der Waals surface area contributed by atoms with E-state index in [2.05, 4.69) is 10.3 Å². The number of carbonyl (C=O) groups is 1. The van der Waals surface area contributed by atoms with Gasteiger partial charge in [-0.25, -0.2) is 4.98 Å². The van der Waals surface area contributed by atoms with Crippen molar-refractivity contribution in [2.75, 3.05) is 26.6 Å². The number of pyridine rings is 1. The molecule has 23 heavy (non-hydrogen) atoms. The smallest absolute Gasteiger partial charge is 0.248 e. The molecule has 1 amide bonds. The van der Waals surface area contributed by atoms with Crippen LogP contribution in [0.1, 0.15) is 5.56 Å². The summed E-state index contributed by atoms with van der Waals surface area (Å²) < 4.78 is 15.4. The molecule has 6 nitrogen and oxygen atoms in total. The highest BCUT2D eigenvalue weighted by Crippen LogP contribution is 2.27. The number of carbonyl (C=O) groups excluding carboxylic acids is 1. The fourth-order valence-corrected chi connectivity index (χ4v) is 1.89. The van der Waals surface area contributed by atoms with E-state index >= 15 is 0 Å². The Kier molecular flexibility index (Phi) is 5.57. The minimum Gasteiger partial charge on any atom is -0.493 e. The Hall–Kier alpha value is -3.02. The van der Waals surface area contributed by atoms with Gasteiger partial charge in [-0.05, 0) is 29.8 Å². The molecule has 0 fully saturated rings. The third-order valence-corrected chi connectivity index (χ3v) is 3.05. The standard InChI is InChI=1S/C17H18N2O4/c1-21-14-7-4-12(10-15(14)22-2)5-8-16(20)19-13-6-9-17(23-3)18-11-13/h4-11H,1-3H3,(H,19,20)/b8-5+. The maximum Gasteiger partial charge on any atom is 0.248 e. The van der Waals surface area contributed by atoms with E-state index in [1.807, 2.05) is 6.07 Å². The van der Waals surface area contributed by atoms with Crippen molar-refractivity contribution in [3.8, 4) is 17.4 Å². The molecule has 0 unspecified atom stereocenters. The average Bonchev–Trinajstić information content (AvgIpc) is 2.60. The highest BCUT2D eigenvalue weighted by molar-refractivity contribution is 6.01. The van der Waals surface area contributed by atoms with E-state index in [1.54, 1.807) is 44.6 Å². The Labute approximate surface area is 134 Å². The van der Waals surface area contributed by atoms with Crippen LogP contribution in [0.25, 0.3) is 6.08 Å². The monoisotopic (exact) mass is 314 g/mol. The summed E-state index contributed by atoms with van der Waals surface area (Å²) in [7, 11) is 4.67. The summed E-state index contributed by atoms with van der Waals surface area (Å²) in [5.74, 6) is 1.48. The van der Waals surface area contributed by atoms with Crippen molar-refractivity contribution < 1.29 is 19.0 Å². The first-order valence-corrected chi connectivity index (χ1v) is 6.87. The summed E-state index contributed by atoms with van der Waals surface area (Å²) in [6.45, 7) is 0. The molecule has 0 aliphatic rings. The zero-order valence-corrected chi connectivity index (χ0v) is 13.2. The molecule has 1 heterocycles. The molecule has 6 heteroatoms. The highest BCUT2D eigenvalue weighted by atomic mass is 16.5. The number of hydrogen-bond acceptors (Lipinski definition) is 5. The molecular formula is C17H18N2O4. The molecule has 0 saturated carbocycles. The molecule has 0 atom stereocenters. The van der Waals surface area contributed by atoms with Crippen molar-refractivity contribution in [2.24, 2.45) is 0 Å². The van der Waals surface area contributed by atoms with E-state index in [-0.39, 0.29) is 5.91 Å².